The van der Waals surface area contributed by atoms with Crippen molar-refractivity contribution in [2.24, 2.45) is 0 Å². The second-order valence-corrected chi connectivity index (χ2v) is 8.53. The van der Waals surface area contributed by atoms with Crippen LogP contribution in [0.3, 0.4) is 0 Å². The van der Waals surface area contributed by atoms with Crippen LogP contribution in [-0.2, 0) is 10.0 Å². The number of fused-ring (bicyclic) bond motifs is 1. The molecule has 0 saturated carbocycles. The van der Waals surface area contributed by atoms with E-state index in [-0.39, 0.29) is 10.8 Å². The number of rotatable bonds is 6. The summed E-state index contributed by atoms with van der Waals surface area (Å²) in [4.78, 5) is 16.8. The van der Waals surface area contributed by atoms with Gasteiger partial charge in [-0.2, -0.15) is 4.31 Å². The van der Waals surface area contributed by atoms with Crippen molar-refractivity contribution in [1.82, 2.24) is 9.29 Å². The van der Waals surface area contributed by atoms with Crippen LogP contribution in [0.15, 0.2) is 53.4 Å². The molecule has 1 N–H and O–H groups in total. The van der Waals surface area contributed by atoms with Crippen molar-refractivity contribution in [3.63, 3.8) is 0 Å². The van der Waals surface area contributed by atoms with Gasteiger partial charge in [0, 0.05) is 18.7 Å². The SMILES string of the molecule is CCN(CC)S(=O)(=O)c1ccc2nc(NC(=O)c3ccccc3)sc2c1. The molecule has 0 aliphatic rings. The maximum Gasteiger partial charge on any atom is 0.257 e. The molecule has 1 heterocycles. The minimum atomic E-state index is -3.52. The summed E-state index contributed by atoms with van der Waals surface area (Å²) in [6.07, 6.45) is 0. The van der Waals surface area contributed by atoms with Crippen LogP contribution in [0.25, 0.3) is 10.2 Å². The van der Waals surface area contributed by atoms with Gasteiger partial charge in [0.25, 0.3) is 5.91 Å². The Morgan fingerprint density at radius 1 is 1.12 bits per heavy atom. The van der Waals surface area contributed by atoms with Crippen LogP contribution in [0.4, 0.5) is 5.13 Å². The highest BCUT2D eigenvalue weighted by molar-refractivity contribution is 7.89. The lowest BCUT2D eigenvalue weighted by Crippen LogP contribution is -2.30. The van der Waals surface area contributed by atoms with Gasteiger partial charge in [-0.1, -0.05) is 43.4 Å². The van der Waals surface area contributed by atoms with E-state index in [1.54, 1.807) is 42.5 Å². The lowest BCUT2D eigenvalue weighted by molar-refractivity contribution is 0.102. The highest BCUT2D eigenvalue weighted by Crippen LogP contribution is 2.29. The number of hydrogen-bond donors (Lipinski definition) is 1. The van der Waals surface area contributed by atoms with Crippen molar-refractivity contribution < 1.29 is 13.2 Å². The number of hydrogen-bond acceptors (Lipinski definition) is 5. The topological polar surface area (TPSA) is 79.4 Å². The number of benzene rings is 2. The first-order chi connectivity index (χ1) is 12.5. The van der Waals surface area contributed by atoms with Crippen LogP contribution in [0.2, 0.25) is 0 Å². The third kappa shape index (κ3) is 3.62. The molecule has 3 rings (SSSR count). The number of nitrogens with zero attached hydrogens (tertiary/aromatic N) is 2. The lowest BCUT2D eigenvalue weighted by atomic mass is 10.2. The Bertz CT molecular complexity index is 1030. The Morgan fingerprint density at radius 3 is 2.46 bits per heavy atom. The Morgan fingerprint density at radius 2 is 1.81 bits per heavy atom. The average molecular weight is 390 g/mol. The Balaban J connectivity index is 1.89. The van der Waals surface area contributed by atoms with Crippen molar-refractivity contribution in [2.75, 3.05) is 18.4 Å². The van der Waals surface area contributed by atoms with Gasteiger partial charge in [-0.25, -0.2) is 13.4 Å². The van der Waals surface area contributed by atoms with Crippen molar-refractivity contribution in [2.45, 2.75) is 18.7 Å². The molecule has 2 aromatic carbocycles. The summed E-state index contributed by atoms with van der Waals surface area (Å²) >= 11 is 1.25. The molecule has 0 fully saturated rings. The molecule has 0 radical (unpaired) electrons. The molecule has 0 aliphatic heterocycles. The van der Waals surface area contributed by atoms with Crippen LogP contribution in [0.5, 0.6) is 0 Å². The fourth-order valence-electron chi connectivity index (χ4n) is 2.59. The van der Waals surface area contributed by atoms with Crippen molar-refractivity contribution in [3.8, 4) is 0 Å². The van der Waals surface area contributed by atoms with Crippen molar-refractivity contribution in [1.29, 1.82) is 0 Å². The smallest absolute Gasteiger partial charge is 0.257 e. The summed E-state index contributed by atoms with van der Waals surface area (Å²) in [5, 5.41) is 3.20. The van der Waals surface area contributed by atoms with Gasteiger partial charge in [0.05, 0.1) is 15.1 Å². The molecular formula is C18H19N3O3S2. The Labute approximate surface area is 156 Å². The minimum absolute atomic E-state index is 0.235. The van der Waals surface area contributed by atoms with Crippen LogP contribution < -0.4 is 5.32 Å². The fraction of sp³-hybridized carbons (Fsp3) is 0.222. The molecule has 8 heteroatoms. The van der Waals surface area contributed by atoms with Gasteiger partial charge in [-0.05, 0) is 30.3 Å². The zero-order valence-electron chi connectivity index (χ0n) is 14.5. The molecule has 26 heavy (non-hydrogen) atoms. The van der Waals surface area contributed by atoms with Crippen LogP contribution >= 0.6 is 11.3 Å². The van der Waals surface area contributed by atoms with Gasteiger partial charge >= 0.3 is 0 Å². The van der Waals surface area contributed by atoms with E-state index in [1.807, 2.05) is 19.9 Å². The molecule has 0 unspecified atom stereocenters. The summed E-state index contributed by atoms with van der Waals surface area (Å²) in [5.41, 5.74) is 1.19. The third-order valence-corrected chi connectivity index (χ3v) is 6.94. The second kappa shape index (κ2) is 7.53. The second-order valence-electron chi connectivity index (χ2n) is 5.56. The quantitative estimate of drug-likeness (QED) is 0.699. The monoisotopic (exact) mass is 389 g/mol. The van der Waals surface area contributed by atoms with Gasteiger partial charge in [0.2, 0.25) is 10.0 Å². The predicted molar refractivity (Wildman–Crippen MR) is 104 cm³/mol. The van der Waals surface area contributed by atoms with E-state index in [0.717, 1.165) is 0 Å². The number of aromatic nitrogens is 1. The first kappa shape index (κ1) is 18.5. The number of sulfonamides is 1. The van der Waals surface area contributed by atoms with E-state index in [2.05, 4.69) is 10.3 Å². The summed E-state index contributed by atoms with van der Waals surface area (Å²) in [7, 11) is -3.52. The van der Waals surface area contributed by atoms with E-state index in [9.17, 15) is 13.2 Å². The normalized spacial score (nSPS) is 11.8. The summed E-state index contributed by atoms with van der Waals surface area (Å²) in [5.74, 6) is -0.249. The third-order valence-electron chi connectivity index (χ3n) is 3.96. The number of carbonyl (C=O) groups excluding carboxylic acids is 1. The number of amides is 1. The maximum atomic E-state index is 12.6. The van der Waals surface area contributed by atoms with E-state index < -0.39 is 10.0 Å². The van der Waals surface area contributed by atoms with Crippen LogP contribution in [-0.4, -0.2) is 36.7 Å². The van der Waals surface area contributed by atoms with Gasteiger partial charge in [-0.3, -0.25) is 10.1 Å². The Kier molecular flexibility index (Phi) is 5.36. The van der Waals surface area contributed by atoms with Crippen LogP contribution in [0.1, 0.15) is 24.2 Å². The minimum Gasteiger partial charge on any atom is -0.298 e. The van der Waals surface area contributed by atoms with Crippen molar-refractivity contribution in [3.05, 3.63) is 54.1 Å². The molecular weight excluding hydrogens is 370 g/mol. The number of thiazole rings is 1. The standard InChI is InChI=1S/C18H19N3O3S2/c1-3-21(4-2)26(23,24)14-10-11-15-16(12-14)25-18(19-15)20-17(22)13-8-6-5-7-9-13/h5-12H,3-4H2,1-2H3,(H,19,20,22). The molecule has 0 aliphatic carbocycles. The maximum absolute atomic E-state index is 12.6. The van der Waals surface area contributed by atoms with Gasteiger partial charge in [0.1, 0.15) is 0 Å². The van der Waals surface area contributed by atoms with Gasteiger partial charge in [0.15, 0.2) is 5.13 Å². The first-order valence-corrected chi connectivity index (χ1v) is 10.5. The number of nitrogens with one attached hydrogen (secondary N) is 1. The highest BCUT2D eigenvalue weighted by atomic mass is 32.2. The van der Waals surface area contributed by atoms with Crippen molar-refractivity contribution >= 4 is 42.6 Å². The molecule has 3 aromatic rings. The van der Waals surface area contributed by atoms with Gasteiger partial charge < -0.3 is 0 Å². The Hall–Kier alpha value is -2.29. The number of carbonyl (C=O) groups is 1. The predicted octanol–water partition coefficient (Wildman–Crippen LogP) is 3.58. The van der Waals surface area contributed by atoms with E-state index >= 15 is 0 Å². The summed E-state index contributed by atoms with van der Waals surface area (Å²) in [6.45, 7) is 4.45. The zero-order valence-corrected chi connectivity index (χ0v) is 16.1. The lowest BCUT2D eigenvalue weighted by Gasteiger charge is -2.18. The average Bonchev–Trinajstić information content (AvgIpc) is 3.04. The van der Waals surface area contributed by atoms with Crippen LogP contribution in [0, 0.1) is 0 Å². The van der Waals surface area contributed by atoms with E-state index in [0.29, 0.717) is 34.0 Å². The molecule has 136 valence electrons. The molecule has 0 saturated heterocycles. The largest absolute Gasteiger partial charge is 0.298 e. The molecule has 0 atom stereocenters. The number of anilines is 1. The molecule has 1 aromatic heterocycles. The molecule has 1 amide bonds. The highest BCUT2D eigenvalue weighted by Gasteiger charge is 2.22. The zero-order chi connectivity index (χ0) is 18.7. The van der Waals surface area contributed by atoms with Gasteiger partial charge in [-0.15, -0.1) is 0 Å². The molecule has 0 spiro atoms. The summed E-state index contributed by atoms with van der Waals surface area (Å²) in [6, 6.07) is 13.7. The first-order valence-electron chi connectivity index (χ1n) is 8.23. The van der Waals surface area contributed by atoms with E-state index in [1.165, 1.54) is 15.6 Å². The fourth-order valence-corrected chi connectivity index (χ4v) is 5.05. The van der Waals surface area contributed by atoms with E-state index in [4.69, 9.17) is 0 Å². The molecule has 0 bridgehead atoms. The summed E-state index contributed by atoms with van der Waals surface area (Å²) < 4.78 is 27.4. The molecule has 6 nitrogen and oxygen atoms in total.